The van der Waals surface area contributed by atoms with E-state index in [-0.39, 0.29) is 28.7 Å². The van der Waals surface area contributed by atoms with E-state index >= 15 is 0 Å². The van der Waals surface area contributed by atoms with E-state index in [0.717, 1.165) is 24.1 Å². The van der Waals surface area contributed by atoms with Gasteiger partial charge in [0, 0.05) is 37.0 Å². The summed E-state index contributed by atoms with van der Waals surface area (Å²) in [6.45, 7) is 4.87. The fourth-order valence-electron chi connectivity index (χ4n) is 5.32. The summed E-state index contributed by atoms with van der Waals surface area (Å²) >= 11 is 6.63. The number of fused-ring (bicyclic) bond motifs is 1. The van der Waals surface area contributed by atoms with Crippen LogP contribution in [-0.2, 0) is 4.79 Å². The lowest BCUT2D eigenvalue weighted by atomic mass is 9.94. The number of nitrogens with one attached hydrogen (secondary N) is 1. The number of amides is 2. The van der Waals surface area contributed by atoms with E-state index in [1.54, 1.807) is 39.9 Å². The maximum atomic E-state index is 13.0. The van der Waals surface area contributed by atoms with Crippen LogP contribution in [0.2, 0.25) is 5.02 Å². The van der Waals surface area contributed by atoms with Crippen molar-refractivity contribution in [2.45, 2.75) is 37.5 Å². The molecule has 1 saturated heterocycles. The standard InChI is InChI=1S/C29H28ClN7O2/c1-2-25(38)36-13-3-4-20(16-36)26-23-10-12-33-29(31)37(23)27(35-26)19-7-8-21(22(30)14-19)28(39)34-24-15-18(9-11-32-24)17-5-6-17/h2,7-12,14-15,17,20H,1,3-6,13,16H2,(H2,31,33)(H,32,34,39). The third kappa shape index (κ3) is 4.85. The Bertz CT molecular complexity index is 1610. The summed E-state index contributed by atoms with van der Waals surface area (Å²) in [5.74, 6) is 1.54. The Morgan fingerprint density at radius 3 is 2.67 bits per heavy atom. The molecule has 2 aliphatic rings. The molecular formula is C29H28ClN7O2. The number of piperidine rings is 1. The van der Waals surface area contributed by atoms with Gasteiger partial charge in [0.05, 0.1) is 21.8 Å². The first kappa shape index (κ1) is 25.1. The van der Waals surface area contributed by atoms with Crippen molar-refractivity contribution < 1.29 is 9.59 Å². The number of imidazole rings is 1. The fourth-order valence-corrected chi connectivity index (χ4v) is 5.58. The number of hydrogen-bond acceptors (Lipinski definition) is 6. The monoisotopic (exact) mass is 541 g/mol. The van der Waals surface area contributed by atoms with Gasteiger partial charge in [-0.1, -0.05) is 24.2 Å². The van der Waals surface area contributed by atoms with Crippen LogP contribution in [0.25, 0.3) is 16.9 Å². The molecule has 1 saturated carbocycles. The molecule has 198 valence electrons. The van der Waals surface area contributed by atoms with Crippen molar-refractivity contribution in [3.63, 3.8) is 0 Å². The number of hydrogen-bond donors (Lipinski definition) is 2. The number of nitrogens with two attached hydrogens (primary N) is 1. The van der Waals surface area contributed by atoms with Gasteiger partial charge in [0.15, 0.2) is 0 Å². The molecule has 4 heterocycles. The molecule has 1 unspecified atom stereocenters. The van der Waals surface area contributed by atoms with Gasteiger partial charge in [0.1, 0.15) is 11.6 Å². The number of nitrogen functional groups attached to an aromatic ring is 1. The summed E-state index contributed by atoms with van der Waals surface area (Å²) < 4.78 is 1.79. The van der Waals surface area contributed by atoms with Gasteiger partial charge in [0.25, 0.3) is 5.91 Å². The van der Waals surface area contributed by atoms with Crippen LogP contribution in [0.15, 0.2) is 61.4 Å². The second-order valence-electron chi connectivity index (χ2n) is 10.1. The number of benzene rings is 1. The van der Waals surface area contributed by atoms with Gasteiger partial charge < -0.3 is 16.0 Å². The first-order valence-corrected chi connectivity index (χ1v) is 13.4. The summed E-state index contributed by atoms with van der Waals surface area (Å²) in [7, 11) is 0. The van der Waals surface area contributed by atoms with Crippen LogP contribution in [0.1, 0.15) is 59.1 Å². The quantitative estimate of drug-likeness (QED) is 0.330. The van der Waals surface area contributed by atoms with Crippen LogP contribution < -0.4 is 11.1 Å². The lowest BCUT2D eigenvalue weighted by Gasteiger charge is -2.31. The molecule has 0 bridgehead atoms. The van der Waals surface area contributed by atoms with Crippen molar-refractivity contribution in [2.75, 3.05) is 24.1 Å². The van der Waals surface area contributed by atoms with E-state index in [1.165, 1.54) is 24.5 Å². The highest BCUT2D eigenvalue weighted by Crippen LogP contribution is 2.40. The summed E-state index contributed by atoms with van der Waals surface area (Å²) in [4.78, 5) is 40.7. The number of carbonyl (C=O) groups excluding carboxylic acids is 2. The molecule has 2 fully saturated rings. The molecule has 39 heavy (non-hydrogen) atoms. The zero-order valence-corrected chi connectivity index (χ0v) is 22.1. The van der Waals surface area contributed by atoms with Crippen molar-refractivity contribution in [3.8, 4) is 11.4 Å². The van der Waals surface area contributed by atoms with Gasteiger partial charge in [-0.15, -0.1) is 0 Å². The number of carbonyl (C=O) groups is 2. The van der Waals surface area contributed by atoms with Gasteiger partial charge in [-0.25, -0.2) is 15.0 Å². The minimum absolute atomic E-state index is 0.0348. The van der Waals surface area contributed by atoms with Gasteiger partial charge >= 0.3 is 0 Å². The number of aromatic nitrogens is 4. The van der Waals surface area contributed by atoms with Crippen LogP contribution in [-0.4, -0.2) is 49.2 Å². The molecule has 4 aromatic rings. The first-order valence-electron chi connectivity index (χ1n) is 13.0. The molecule has 2 amide bonds. The van der Waals surface area contributed by atoms with Crippen LogP contribution in [0.3, 0.4) is 0 Å². The number of anilines is 2. The molecule has 9 nitrogen and oxygen atoms in total. The highest BCUT2D eigenvalue weighted by atomic mass is 35.5. The third-order valence-corrected chi connectivity index (χ3v) is 7.76. The Hall–Kier alpha value is -4.24. The molecular weight excluding hydrogens is 514 g/mol. The van der Waals surface area contributed by atoms with Crippen LogP contribution in [0.4, 0.5) is 11.8 Å². The van der Waals surface area contributed by atoms with Crippen molar-refractivity contribution in [2.24, 2.45) is 0 Å². The molecule has 1 aliphatic carbocycles. The Labute approximate surface area is 230 Å². The van der Waals surface area contributed by atoms with Crippen molar-refractivity contribution >= 4 is 40.7 Å². The van der Waals surface area contributed by atoms with Crippen molar-refractivity contribution in [1.29, 1.82) is 0 Å². The molecule has 6 rings (SSSR count). The lowest BCUT2D eigenvalue weighted by molar-refractivity contribution is -0.127. The fraction of sp³-hybridized carbons (Fsp3) is 0.276. The second-order valence-corrected chi connectivity index (χ2v) is 10.5. The van der Waals surface area contributed by atoms with Crippen LogP contribution in [0, 0.1) is 0 Å². The SMILES string of the molecule is C=CC(=O)N1CCCC(c2nc(-c3ccc(C(=O)Nc4cc(C5CC5)ccn4)c(Cl)c3)n3c(N)nccc23)C1. The van der Waals surface area contributed by atoms with Crippen molar-refractivity contribution in [1.82, 2.24) is 24.3 Å². The predicted octanol–water partition coefficient (Wildman–Crippen LogP) is 5.05. The van der Waals surface area contributed by atoms with Gasteiger partial charge in [-0.05, 0) is 73.6 Å². The van der Waals surface area contributed by atoms with E-state index in [9.17, 15) is 9.59 Å². The zero-order valence-electron chi connectivity index (χ0n) is 21.3. The normalized spacial score (nSPS) is 17.3. The number of pyridine rings is 1. The van der Waals surface area contributed by atoms with E-state index in [4.69, 9.17) is 22.3 Å². The maximum Gasteiger partial charge on any atom is 0.258 e. The summed E-state index contributed by atoms with van der Waals surface area (Å²) in [5, 5.41) is 3.14. The molecule has 0 radical (unpaired) electrons. The molecule has 0 spiro atoms. The van der Waals surface area contributed by atoms with Gasteiger partial charge in [0.2, 0.25) is 11.9 Å². The summed E-state index contributed by atoms with van der Waals surface area (Å²) in [5.41, 5.74) is 10.2. The van der Waals surface area contributed by atoms with E-state index < -0.39 is 0 Å². The largest absolute Gasteiger partial charge is 0.369 e. The Morgan fingerprint density at radius 1 is 1.08 bits per heavy atom. The Balaban J connectivity index is 1.31. The van der Waals surface area contributed by atoms with Crippen LogP contribution >= 0.6 is 11.6 Å². The molecule has 1 aromatic carbocycles. The number of rotatable bonds is 6. The average Bonchev–Trinajstić information content (AvgIpc) is 3.73. The minimum atomic E-state index is -0.337. The Morgan fingerprint density at radius 2 is 1.90 bits per heavy atom. The van der Waals surface area contributed by atoms with Gasteiger partial charge in [-0.2, -0.15) is 0 Å². The smallest absolute Gasteiger partial charge is 0.258 e. The van der Waals surface area contributed by atoms with Crippen LogP contribution in [0.5, 0.6) is 0 Å². The predicted molar refractivity (Wildman–Crippen MR) is 151 cm³/mol. The van der Waals surface area contributed by atoms with Crippen molar-refractivity contribution in [3.05, 3.63) is 83.3 Å². The van der Waals surface area contributed by atoms with E-state index in [1.807, 2.05) is 18.2 Å². The zero-order chi connectivity index (χ0) is 27.1. The minimum Gasteiger partial charge on any atom is -0.369 e. The summed E-state index contributed by atoms with van der Waals surface area (Å²) in [6.07, 6.45) is 8.81. The number of halogens is 1. The molecule has 1 aliphatic heterocycles. The highest BCUT2D eigenvalue weighted by molar-refractivity contribution is 6.34. The molecule has 3 aromatic heterocycles. The topological polar surface area (TPSA) is 119 Å². The Kier molecular flexibility index (Phi) is 6.52. The summed E-state index contributed by atoms with van der Waals surface area (Å²) in [6, 6.07) is 11.0. The molecule has 3 N–H and O–H groups in total. The first-order chi connectivity index (χ1) is 18.9. The number of nitrogens with zero attached hydrogens (tertiary/aromatic N) is 5. The number of likely N-dealkylation sites (tertiary alicyclic amines) is 1. The molecule has 1 atom stereocenters. The maximum absolute atomic E-state index is 13.0. The second kappa shape index (κ2) is 10.1. The average molecular weight is 542 g/mol. The van der Waals surface area contributed by atoms with E-state index in [0.29, 0.717) is 41.8 Å². The molecule has 10 heteroatoms. The van der Waals surface area contributed by atoms with E-state index in [2.05, 4.69) is 21.9 Å². The lowest BCUT2D eigenvalue weighted by Crippen LogP contribution is -2.38. The third-order valence-electron chi connectivity index (χ3n) is 7.45. The highest BCUT2D eigenvalue weighted by Gasteiger charge is 2.29. The van der Waals surface area contributed by atoms with Gasteiger partial charge in [-0.3, -0.25) is 14.0 Å².